The third kappa shape index (κ3) is 1.34. The molecule has 1 aromatic heterocycles. The fourth-order valence-corrected chi connectivity index (χ4v) is 1.65. The van der Waals surface area contributed by atoms with E-state index in [2.05, 4.69) is 15.0 Å². The lowest BCUT2D eigenvalue weighted by molar-refractivity contribution is 0.0434. The number of hydrogen-bond donors (Lipinski definition) is 0. The lowest BCUT2D eigenvalue weighted by atomic mass is 10.2. The Hall–Kier alpha value is -2.50. The van der Waals surface area contributed by atoms with Gasteiger partial charge in [-0.1, -0.05) is 22.9 Å². The number of esters is 2. The Morgan fingerprint density at radius 2 is 1.82 bits per heavy atom. The van der Waals surface area contributed by atoms with Crippen molar-refractivity contribution in [3.8, 4) is 5.69 Å². The van der Waals surface area contributed by atoms with Crippen LogP contribution in [-0.2, 0) is 4.74 Å². The van der Waals surface area contributed by atoms with Crippen molar-refractivity contribution in [2.24, 2.45) is 0 Å². The zero-order chi connectivity index (χ0) is 12.0. The van der Waals surface area contributed by atoms with Gasteiger partial charge in [0, 0.05) is 0 Å². The van der Waals surface area contributed by atoms with E-state index in [1.54, 1.807) is 12.1 Å². The second-order valence-corrected chi connectivity index (χ2v) is 3.71. The van der Waals surface area contributed by atoms with Crippen molar-refractivity contribution in [2.45, 2.75) is 6.92 Å². The van der Waals surface area contributed by atoms with Crippen LogP contribution < -0.4 is 0 Å². The highest BCUT2D eigenvalue weighted by Crippen LogP contribution is 2.20. The highest BCUT2D eigenvalue weighted by Gasteiger charge is 2.37. The molecule has 1 aliphatic rings. The van der Waals surface area contributed by atoms with E-state index < -0.39 is 11.9 Å². The van der Waals surface area contributed by atoms with Gasteiger partial charge in [0.15, 0.2) is 5.69 Å². The minimum Gasteiger partial charge on any atom is -0.383 e. The lowest BCUT2D eigenvalue weighted by Crippen LogP contribution is -2.08. The first-order chi connectivity index (χ1) is 8.16. The fourth-order valence-electron chi connectivity index (χ4n) is 1.65. The molecule has 0 fully saturated rings. The molecule has 0 spiro atoms. The number of fused-ring (bicyclic) bond motifs is 1. The largest absolute Gasteiger partial charge is 0.383 e. The van der Waals surface area contributed by atoms with E-state index in [1.807, 2.05) is 19.1 Å². The van der Waals surface area contributed by atoms with Crippen LogP contribution in [0.15, 0.2) is 24.3 Å². The molecule has 2 heterocycles. The summed E-state index contributed by atoms with van der Waals surface area (Å²) in [4.78, 5) is 22.7. The maximum atomic E-state index is 11.5. The van der Waals surface area contributed by atoms with E-state index in [-0.39, 0.29) is 11.4 Å². The van der Waals surface area contributed by atoms with Crippen LogP contribution in [0, 0.1) is 6.92 Å². The number of carbonyl (C=O) groups excluding carboxylic acids is 2. The van der Waals surface area contributed by atoms with Crippen molar-refractivity contribution in [3.05, 3.63) is 41.2 Å². The van der Waals surface area contributed by atoms with Crippen LogP contribution in [-0.4, -0.2) is 26.9 Å². The Bertz CT molecular complexity index is 628. The Kier molecular flexibility index (Phi) is 1.85. The Balaban J connectivity index is 2.18. The van der Waals surface area contributed by atoms with Crippen LogP contribution in [0.25, 0.3) is 5.69 Å². The van der Waals surface area contributed by atoms with Crippen molar-refractivity contribution in [3.63, 3.8) is 0 Å². The predicted molar refractivity (Wildman–Crippen MR) is 55.8 cm³/mol. The van der Waals surface area contributed by atoms with E-state index in [0.717, 1.165) is 5.56 Å². The number of aryl methyl sites for hydroxylation is 1. The minimum absolute atomic E-state index is 0.0319. The van der Waals surface area contributed by atoms with Gasteiger partial charge in [-0.05, 0) is 19.1 Å². The Labute approximate surface area is 95.8 Å². The summed E-state index contributed by atoms with van der Waals surface area (Å²) >= 11 is 0. The molecule has 0 atom stereocenters. The molecule has 0 N–H and O–H groups in total. The number of hydrogen-bond acceptors (Lipinski definition) is 5. The zero-order valence-corrected chi connectivity index (χ0v) is 8.88. The Morgan fingerprint density at radius 1 is 1.12 bits per heavy atom. The van der Waals surface area contributed by atoms with Crippen LogP contribution in [0.1, 0.15) is 26.5 Å². The molecule has 0 amide bonds. The quantitative estimate of drug-likeness (QED) is 0.536. The number of cyclic esters (lactones) is 2. The van der Waals surface area contributed by atoms with Gasteiger partial charge in [0.1, 0.15) is 0 Å². The van der Waals surface area contributed by atoms with Gasteiger partial charge >= 0.3 is 11.9 Å². The maximum absolute atomic E-state index is 11.5. The van der Waals surface area contributed by atoms with Gasteiger partial charge in [0.25, 0.3) is 0 Å². The second kappa shape index (κ2) is 3.24. The Morgan fingerprint density at radius 3 is 2.53 bits per heavy atom. The first-order valence-corrected chi connectivity index (χ1v) is 4.96. The molecular weight excluding hydrogens is 222 g/mol. The van der Waals surface area contributed by atoms with Crippen molar-refractivity contribution >= 4 is 11.9 Å². The standard InChI is InChI=1S/C11H7N3O3/c1-6-2-4-7(5-3-6)14-9-8(12-13-14)10(15)17-11(9)16/h2-5H,1H3. The number of benzene rings is 1. The molecule has 6 heteroatoms. The van der Waals surface area contributed by atoms with Gasteiger partial charge in [0.2, 0.25) is 5.69 Å². The summed E-state index contributed by atoms with van der Waals surface area (Å²) in [5.41, 5.74) is 1.80. The van der Waals surface area contributed by atoms with Crippen LogP contribution in [0.3, 0.4) is 0 Å². The normalized spacial score (nSPS) is 13.7. The second-order valence-electron chi connectivity index (χ2n) is 3.71. The number of carbonyl (C=O) groups is 2. The average Bonchev–Trinajstić information content (AvgIpc) is 2.84. The van der Waals surface area contributed by atoms with Gasteiger partial charge in [-0.3, -0.25) is 0 Å². The van der Waals surface area contributed by atoms with Crippen molar-refractivity contribution in [1.29, 1.82) is 0 Å². The molecule has 0 aliphatic carbocycles. The van der Waals surface area contributed by atoms with Crippen LogP contribution in [0.5, 0.6) is 0 Å². The lowest BCUT2D eigenvalue weighted by Gasteiger charge is -2.02. The third-order valence-corrected chi connectivity index (χ3v) is 2.52. The van der Waals surface area contributed by atoms with Crippen LogP contribution in [0.4, 0.5) is 0 Å². The number of ether oxygens (including phenoxy) is 1. The first-order valence-electron chi connectivity index (χ1n) is 4.96. The van der Waals surface area contributed by atoms with Crippen molar-refractivity contribution in [2.75, 3.05) is 0 Å². The van der Waals surface area contributed by atoms with E-state index in [0.29, 0.717) is 5.69 Å². The summed E-state index contributed by atoms with van der Waals surface area (Å²) in [6.07, 6.45) is 0. The van der Waals surface area contributed by atoms with Gasteiger partial charge in [0.05, 0.1) is 5.69 Å². The molecule has 0 saturated carbocycles. The monoisotopic (exact) mass is 229 g/mol. The fraction of sp³-hybridized carbons (Fsp3) is 0.0909. The molecule has 2 aromatic rings. The summed E-state index contributed by atoms with van der Waals surface area (Å²) < 4.78 is 5.76. The molecule has 84 valence electrons. The van der Waals surface area contributed by atoms with Gasteiger partial charge < -0.3 is 4.74 Å². The molecule has 6 nitrogen and oxygen atoms in total. The predicted octanol–water partition coefficient (Wildman–Crippen LogP) is 0.886. The van der Waals surface area contributed by atoms with Crippen molar-refractivity contribution < 1.29 is 14.3 Å². The van der Waals surface area contributed by atoms with Gasteiger partial charge in [-0.15, -0.1) is 5.10 Å². The van der Waals surface area contributed by atoms with E-state index in [1.165, 1.54) is 4.68 Å². The zero-order valence-electron chi connectivity index (χ0n) is 8.88. The molecule has 17 heavy (non-hydrogen) atoms. The van der Waals surface area contributed by atoms with Crippen molar-refractivity contribution in [1.82, 2.24) is 15.0 Å². The summed E-state index contributed by atoms with van der Waals surface area (Å²) in [5.74, 6) is -1.46. The highest BCUT2D eigenvalue weighted by molar-refractivity contribution is 6.12. The smallest absolute Gasteiger partial charge is 0.369 e. The average molecular weight is 229 g/mol. The van der Waals surface area contributed by atoms with Gasteiger partial charge in [-0.2, -0.15) is 0 Å². The minimum atomic E-state index is -0.747. The molecule has 3 rings (SSSR count). The van der Waals surface area contributed by atoms with Gasteiger partial charge in [-0.25, -0.2) is 14.3 Å². The van der Waals surface area contributed by atoms with Crippen LogP contribution in [0.2, 0.25) is 0 Å². The number of aromatic nitrogens is 3. The molecule has 1 aliphatic heterocycles. The summed E-state index contributed by atoms with van der Waals surface area (Å²) in [6, 6.07) is 7.35. The topological polar surface area (TPSA) is 74.1 Å². The SMILES string of the molecule is Cc1ccc(-n2nnc3c2C(=O)OC3=O)cc1. The van der Waals surface area contributed by atoms with E-state index >= 15 is 0 Å². The van der Waals surface area contributed by atoms with E-state index in [4.69, 9.17) is 0 Å². The summed E-state index contributed by atoms with van der Waals surface area (Å²) in [7, 11) is 0. The molecule has 0 unspecified atom stereocenters. The molecular formula is C11H7N3O3. The third-order valence-electron chi connectivity index (χ3n) is 2.52. The number of rotatable bonds is 1. The molecule has 0 saturated heterocycles. The van der Waals surface area contributed by atoms with Crippen LogP contribution >= 0.6 is 0 Å². The molecule has 0 radical (unpaired) electrons. The highest BCUT2D eigenvalue weighted by atomic mass is 16.6. The summed E-state index contributed by atoms with van der Waals surface area (Å²) in [5, 5.41) is 7.43. The number of nitrogens with zero attached hydrogens (tertiary/aromatic N) is 3. The molecule has 1 aromatic carbocycles. The van der Waals surface area contributed by atoms with E-state index in [9.17, 15) is 9.59 Å². The summed E-state index contributed by atoms with van der Waals surface area (Å²) in [6.45, 7) is 1.95. The molecule has 0 bridgehead atoms. The maximum Gasteiger partial charge on any atom is 0.369 e. The first kappa shape index (κ1) is 9.71.